The van der Waals surface area contributed by atoms with Crippen molar-refractivity contribution in [3.8, 4) is 18.2 Å². The van der Waals surface area contributed by atoms with Crippen LogP contribution in [0.5, 0.6) is 0 Å². The van der Waals surface area contributed by atoms with E-state index in [9.17, 15) is 15.8 Å². The van der Waals surface area contributed by atoms with E-state index < -0.39 is 28.6 Å². The summed E-state index contributed by atoms with van der Waals surface area (Å²) in [7, 11) is 0. The summed E-state index contributed by atoms with van der Waals surface area (Å²) in [6.45, 7) is 1.89. The van der Waals surface area contributed by atoms with Gasteiger partial charge in [-0.2, -0.15) is 15.8 Å². The fourth-order valence-corrected chi connectivity index (χ4v) is 6.03. The van der Waals surface area contributed by atoms with Crippen molar-refractivity contribution in [2.24, 2.45) is 16.7 Å². The third kappa shape index (κ3) is 2.32. The van der Waals surface area contributed by atoms with E-state index in [1.807, 2.05) is 49.4 Å². The van der Waals surface area contributed by atoms with Gasteiger partial charge in [0.2, 0.25) is 17.1 Å². The van der Waals surface area contributed by atoms with E-state index in [2.05, 4.69) is 30.3 Å². The molecule has 1 N–H and O–H groups in total. The Labute approximate surface area is 187 Å². The molecule has 0 spiro atoms. The summed E-state index contributed by atoms with van der Waals surface area (Å²) in [6.07, 6.45) is 0.761. The second-order valence-corrected chi connectivity index (χ2v) is 8.98. The highest BCUT2D eigenvalue weighted by Gasteiger charge is 2.81. The predicted octanol–water partition coefficient (Wildman–Crippen LogP) is 4.90. The number of rotatable bonds is 2. The van der Waals surface area contributed by atoms with Gasteiger partial charge in [0.05, 0.1) is 24.1 Å². The van der Waals surface area contributed by atoms with E-state index in [0.29, 0.717) is 18.4 Å². The smallest absolute Gasteiger partial charge is 0.217 e. The van der Waals surface area contributed by atoms with Gasteiger partial charge in [0.25, 0.3) is 0 Å². The van der Waals surface area contributed by atoms with Crippen LogP contribution in [0, 0.1) is 63.1 Å². The minimum Gasteiger partial charge on any atom is -0.447 e. The number of hydrogen-bond acceptors (Lipinski definition) is 6. The predicted molar refractivity (Wildman–Crippen MR) is 115 cm³/mol. The number of ether oxygens (including phenoxy) is 2. The van der Waals surface area contributed by atoms with Crippen molar-refractivity contribution in [3.63, 3.8) is 0 Å². The first-order valence-electron chi connectivity index (χ1n) is 10.8. The van der Waals surface area contributed by atoms with Crippen LogP contribution in [0.15, 0.2) is 54.6 Å². The lowest BCUT2D eigenvalue weighted by Crippen LogP contribution is -2.61. The van der Waals surface area contributed by atoms with Gasteiger partial charge < -0.3 is 9.47 Å². The summed E-state index contributed by atoms with van der Waals surface area (Å²) in [4.78, 5) is 0. The minimum atomic E-state index is -1.91. The van der Waals surface area contributed by atoms with Crippen molar-refractivity contribution in [2.75, 3.05) is 0 Å². The van der Waals surface area contributed by atoms with Crippen LogP contribution >= 0.6 is 0 Å². The molecule has 0 amide bonds. The molecule has 5 atom stereocenters. The molecule has 2 aliphatic heterocycles. The molecule has 6 nitrogen and oxygen atoms in total. The van der Waals surface area contributed by atoms with Crippen molar-refractivity contribution < 1.29 is 9.47 Å². The summed E-state index contributed by atoms with van der Waals surface area (Å²) >= 11 is 0. The Morgan fingerprint density at radius 2 is 1.66 bits per heavy atom. The zero-order valence-corrected chi connectivity index (χ0v) is 17.7. The summed E-state index contributed by atoms with van der Waals surface area (Å²) < 4.78 is 12.6. The SMILES string of the molecule is Cc1ccccc1C1OC23CCC(c4ccccc4)CC2C(C#N)(C(=N)O3)C1(C#N)C#N. The van der Waals surface area contributed by atoms with Crippen LogP contribution in [-0.4, -0.2) is 11.7 Å². The lowest BCUT2D eigenvalue weighted by atomic mass is 9.50. The summed E-state index contributed by atoms with van der Waals surface area (Å²) in [5.74, 6) is -1.98. The largest absolute Gasteiger partial charge is 0.447 e. The molecular formula is C26H22N4O2. The molecule has 2 bridgehead atoms. The van der Waals surface area contributed by atoms with E-state index in [1.165, 1.54) is 0 Å². The van der Waals surface area contributed by atoms with Crippen LogP contribution in [-0.2, 0) is 9.47 Å². The Bertz CT molecular complexity index is 1210. The van der Waals surface area contributed by atoms with Gasteiger partial charge in [-0.15, -0.1) is 0 Å². The third-order valence-electron chi connectivity index (χ3n) is 7.65. The molecule has 5 unspecified atom stereocenters. The number of nitriles is 3. The quantitative estimate of drug-likeness (QED) is 0.739. The molecule has 2 aromatic rings. The monoisotopic (exact) mass is 422 g/mol. The maximum atomic E-state index is 10.5. The maximum Gasteiger partial charge on any atom is 0.217 e. The number of nitrogens with zero attached hydrogens (tertiary/aromatic N) is 3. The van der Waals surface area contributed by atoms with E-state index >= 15 is 0 Å². The number of benzene rings is 2. The second kappa shape index (κ2) is 6.92. The molecule has 2 saturated heterocycles. The molecular weight excluding hydrogens is 400 g/mol. The van der Waals surface area contributed by atoms with Crippen LogP contribution in [0.4, 0.5) is 0 Å². The van der Waals surface area contributed by atoms with Crippen molar-refractivity contribution in [1.82, 2.24) is 0 Å². The maximum absolute atomic E-state index is 10.5. The minimum absolute atomic E-state index is 0.130. The topological polar surface area (TPSA) is 114 Å². The van der Waals surface area contributed by atoms with Crippen LogP contribution in [0.2, 0.25) is 0 Å². The van der Waals surface area contributed by atoms with E-state index in [-0.39, 0.29) is 11.8 Å². The van der Waals surface area contributed by atoms with Crippen molar-refractivity contribution in [1.29, 1.82) is 21.2 Å². The summed E-state index contributed by atoms with van der Waals surface area (Å²) in [6, 6.07) is 24.0. The Balaban J connectivity index is 1.70. The molecule has 5 rings (SSSR count). The van der Waals surface area contributed by atoms with Crippen LogP contribution < -0.4 is 0 Å². The molecule has 3 fully saturated rings. The second-order valence-electron chi connectivity index (χ2n) is 8.98. The first-order chi connectivity index (χ1) is 15.5. The number of aryl methyl sites for hydroxylation is 1. The van der Waals surface area contributed by atoms with E-state index in [1.54, 1.807) is 0 Å². The molecule has 2 aromatic carbocycles. The Hall–Kier alpha value is -3.66. The average molecular weight is 422 g/mol. The van der Waals surface area contributed by atoms with Gasteiger partial charge in [-0.25, -0.2) is 0 Å². The lowest BCUT2D eigenvalue weighted by molar-refractivity contribution is -0.296. The van der Waals surface area contributed by atoms with Crippen LogP contribution in [0.3, 0.4) is 0 Å². The first kappa shape index (κ1) is 20.3. The van der Waals surface area contributed by atoms with Crippen molar-refractivity contribution >= 4 is 5.90 Å². The van der Waals surface area contributed by atoms with Crippen molar-refractivity contribution in [2.45, 2.75) is 44.0 Å². The van der Waals surface area contributed by atoms with Crippen molar-refractivity contribution in [3.05, 3.63) is 71.3 Å². The molecule has 0 aromatic heterocycles. The van der Waals surface area contributed by atoms with Crippen LogP contribution in [0.25, 0.3) is 0 Å². The Morgan fingerprint density at radius 1 is 0.969 bits per heavy atom. The third-order valence-corrected chi connectivity index (χ3v) is 7.65. The zero-order valence-electron chi connectivity index (χ0n) is 17.7. The normalized spacial score (nSPS) is 34.3. The Morgan fingerprint density at radius 3 is 2.31 bits per heavy atom. The van der Waals surface area contributed by atoms with Gasteiger partial charge in [-0.1, -0.05) is 54.6 Å². The Kier molecular flexibility index (Phi) is 4.38. The molecule has 6 heteroatoms. The zero-order chi connectivity index (χ0) is 22.6. The highest BCUT2D eigenvalue weighted by molar-refractivity contribution is 5.89. The fraction of sp³-hybridized carbons (Fsp3) is 0.385. The van der Waals surface area contributed by atoms with Gasteiger partial charge in [0, 0.05) is 6.42 Å². The van der Waals surface area contributed by atoms with E-state index in [0.717, 1.165) is 17.5 Å². The van der Waals surface area contributed by atoms with Gasteiger partial charge >= 0.3 is 0 Å². The fourth-order valence-electron chi connectivity index (χ4n) is 6.03. The lowest BCUT2D eigenvalue weighted by Gasteiger charge is -2.53. The van der Waals surface area contributed by atoms with Gasteiger partial charge in [-0.3, -0.25) is 5.41 Å². The van der Waals surface area contributed by atoms with Gasteiger partial charge in [0.1, 0.15) is 6.10 Å². The van der Waals surface area contributed by atoms with Gasteiger partial charge in [-0.05, 0) is 42.4 Å². The van der Waals surface area contributed by atoms with Crippen LogP contribution in [0.1, 0.15) is 48.0 Å². The number of nitrogens with one attached hydrogen (secondary N) is 1. The summed E-state index contributed by atoms with van der Waals surface area (Å²) in [5, 5.41) is 40.1. The molecule has 2 heterocycles. The molecule has 1 aliphatic carbocycles. The first-order valence-corrected chi connectivity index (χ1v) is 10.8. The molecule has 32 heavy (non-hydrogen) atoms. The molecule has 0 radical (unpaired) electrons. The number of hydrogen-bond donors (Lipinski definition) is 1. The standard InChI is InChI=1S/C26H22N4O2/c1-17-7-5-6-10-20(17)22-24(14-27,15-28)25(16-29)21-13-19(18-8-3-2-4-9-18)11-12-26(21,31-22)32-23(25)30/h2-10,19,21-22,30H,11-13H2,1H3. The molecule has 3 aliphatic rings. The van der Waals surface area contributed by atoms with Gasteiger partial charge in [0.15, 0.2) is 5.41 Å². The average Bonchev–Trinajstić information content (AvgIpc) is 3.03. The summed E-state index contributed by atoms with van der Waals surface area (Å²) in [5.41, 5.74) is -0.943. The van der Waals surface area contributed by atoms with E-state index in [4.69, 9.17) is 14.9 Å². The molecule has 1 saturated carbocycles. The molecule has 158 valence electrons. The highest BCUT2D eigenvalue weighted by Crippen LogP contribution is 2.70. The highest BCUT2D eigenvalue weighted by atomic mass is 16.7.